The number of aliphatic hydroxyl groups excluding tert-OH is 1. The van der Waals surface area contributed by atoms with Crippen molar-refractivity contribution in [3.05, 3.63) is 41.5 Å². The van der Waals surface area contributed by atoms with Gasteiger partial charge in [0.15, 0.2) is 11.4 Å². The van der Waals surface area contributed by atoms with E-state index in [1.807, 2.05) is 17.0 Å². The Morgan fingerprint density at radius 2 is 1.89 bits per heavy atom. The van der Waals surface area contributed by atoms with Crippen LogP contribution in [0.2, 0.25) is 0 Å². The third-order valence-electron chi connectivity index (χ3n) is 8.34. The summed E-state index contributed by atoms with van der Waals surface area (Å²) in [5.74, 6) is -0.193. The third kappa shape index (κ3) is 3.42. The zero-order valence-electron chi connectivity index (χ0n) is 20.2. The number of pyridine rings is 1. The largest absolute Gasteiger partial charge is 0.387 e. The molecule has 1 aliphatic carbocycles. The van der Waals surface area contributed by atoms with Crippen LogP contribution in [0.5, 0.6) is 0 Å². The minimum atomic E-state index is -0.836. The SMILES string of the molecule is CC(=O)c1c(C2C[C@H]3CC[C@H](C2)N3C(=O)CO)nc2c(-c3ccc(C4(O)CCC4)nc3)cnn2c1N. The number of aliphatic hydroxyl groups is 2. The highest BCUT2D eigenvalue weighted by atomic mass is 16.3. The first kappa shape index (κ1) is 23.1. The summed E-state index contributed by atoms with van der Waals surface area (Å²) in [6, 6.07) is 3.79. The summed E-state index contributed by atoms with van der Waals surface area (Å²) in [5, 5.41) is 24.4. The first-order valence-electron chi connectivity index (χ1n) is 12.6. The van der Waals surface area contributed by atoms with E-state index < -0.39 is 12.2 Å². The van der Waals surface area contributed by atoms with Gasteiger partial charge in [0.1, 0.15) is 18.0 Å². The second-order valence-electron chi connectivity index (χ2n) is 10.4. The van der Waals surface area contributed by atoms with Gasteiger partial charge in [0.05, 0.1) is 23.1 Å². The van der Waals surface area contributed by atoms with Crippen LogP contribution < -0.4 is 5.73 Å². The van der Waals surface area contributed by atoms with Gasteiger partial charge in [-0.1, -0.05) is 6.07 Å². The number of nitrogen functional groups attached to an aromatic ring is 1. The Labute approximate surface area is 208 Å². The smallest absolute Gasteiger partial charge is 0.248 e. The molecule has 36 heavy (non-hydrogen) atoms. The van der Waals surface area contributed by atoms with Crippen LogP contribution in [-0.2, 0) is 10.4 Å². The van der Waals surface area contributed by atoms with E-state index in [9.17, 15) is 19.8 Å². The highest BCUT2D eigenvalue weighted by Crippen LogP contribution is 2.45. The van der Waals surface area contributed by atoms with E-state index in [4.69, 9.17) is 10.7 Å². The van der Waals surface area contributed by atoms with Gasteiger partial charge in [-0.3, -0.25) is 14.6 Å². The van der Waals surface area contributed by atoms with Crippen LogP contribution in [-0.4, -0.2) is 65.1 Å². The van der Waals surface area contributed by atoms with Crippen molar-refractivity contribution in [1.82, 2.24) is 24.5 Å². The summed E-state index contributed by atoms with van der Waals surface area (Å²) in [4.78, 5) is 36.3. The van der Waals surface area contributed by atoms with Crippen LogP contribution in [0.15, 0.2) is 24.5 Å². The number of piperidine rings is 1. The molecule has 0 unspecified atom stereocenters. The average Bonchev–Trinajstić information content (AvgIpc) is 3.40. The highest BCUT2D eigenvalue weighted by Gasteiger charge is 2.44. The molecule has 2 atom stereocenters. The van der Waals surface area contributed by atoms with Crippen molar-refractivity contribution in [2.24, 2.45) is 0 Å². The van der Waals surface area contributed by atoms with Gasteiger partial charge >= 0.3 is 0 Å². The number of aromatic nitrogens is 4. The monoisotopic (exact) mass is 490 g/mol. The number of nitrogens with two attached hydrogens (primary N) is 1. The Morgan fingerprint density at radius 3 is 2.44 bits per heavy atom. The van der Waals surface area contributed by atoms with E-state index >= 15 is 0 Å². The van der Waals surface area contributed by atoms with Gasteiger partial charge in [0.25, 0.3) is 0 Å². The minimum Gasteiger partial charge on any atom is -0.387 e. The topological polar surface area (TPSA) is 147 Å². The molecule has 2 aliphatic heterocycles. The molecule has 10 nitrogen and oxygen atoms in total. The molecule has 3 aromatic heterocycles. The number of amides is 1. The molecule has 188 valence electrons. The fourth-order valence-corrected chi connectivity index (χ4v) is 6.38. The molecule has 5 heterocycles. The molecule has 3 fully saturated rings. The number of anilines is 1. The van der Waals surface area contributed by atoms with Gasteiger partial charge in [-0.25, -0.2) is 4.98 Å². The van der Waals surface area contributed by atoms with Crippen LogP contribution in [0.25, 0.3) is 16.8 Å². The summed E-state index contributed by atoms with van der Waals surface area (Å²) >= 11 is 0. The molecule has 1 saturated carbocycles. The molecule has 4 N–H and O–H groups in total. The summed E-state index contributed by atoms with van der Waals surface area (Å²) in [6.45, 7) is 0.997. The van der Waals surface area contributed by atoms with Crippen LogP contribution in [0.4, 0.5) is 5.82 Å². The van der Waals surface area contributed by atoms with Crippen molar-refractivity contribution in [3.8, 4) is 11.1 Å². The van der Waals surface area contributed by atoms with E-state index in [1.165, 1.54) is 11.4 Å². The number of hydrogen-bond donors (Lipinski definition) is 3. The van der Waals surface area contributed by atoms with E-state index in [1.54, 1.807) is 12.4 Å². The summed E-state index contributed by atoms with van der Waals surface area (Å²) in [5.41, 5.74) is 9.45. The molecule has 2 bridgehead atoms. The average molecular weight is 491 g/mol. The Hall–Kier alpha value is -3.37. The van der Waals surface area contributed by atoms with E-state index in [0.717, 1.165) is 43.2 Å². The first-order valence-corrected chi connectivity index (χ1v) is 12.6. The summed E-state index contributed by atoms with van der Waals surface area (Å²) in [7, 11) is 0. The molecule has 0 aromatic carbocycles. The van der Waals surface area contributed by atoms with Crippen molar-refractivity contribution in [1.29, 1.82) is 0 Å². The van der Waals surface area contributed by atoms with Crippen molar-refractivity contribution >= 4 is 23.2 Å². The number of rotatable bonds is 5. The number of carbonyl (C=O) groups excluding carboxylic acids is 2. The van der Waals surface area contributed by atoms with Gasteiger partial charge in [-0.15, -0.1) is 0 Å². The van der Waals surface area contributed by atoms with E-state index in [2.05, 4.69) is 10.1 Å². The molecule has 0 spiro atoms. The number of carbonyl (C=O) groups is 2. The molecule has 3 aliphatic rings. The maximum atomic E-state index is 12.7. The fraction of sp³-hybridized carbons (Fsp3) is 0.500. The maximum Gasteiger partial charge on any atom is 0.248 e. The zero-order valence-corrected chi connectivity index (χ0v) is 20.2. The maximum absolute atomic E-state index is 12.7. The third-order valence-corrected chi connectivity index (χ3v) is 8.34. The predicted octanol–water partition coefficient (Wildman–Crippen LogP) is 2.18. The van der Waals surface area contributed by atoms with Gasteiger partial charge in [-0.05, 0) is 57.9 Å². The summed E-state index contributed by atoms with van der Waals surface area (Å²) in [6.07, 6.45) is 8.92. The molecular weight excluding hydrogens is 460 g/mol. The lowest BCUT2D eigenvalue weighted by molar-refractivity contribution is -0.138. The Kier molecular flexibility index (Phi) is 5.34. The lowest BCUT2D eigenvalue weighted by Crippen LogP contribution is -2.47. The predicted molar refractivity (Wildman–Crippen MR) is 131 cm³/mol. The Balaban J connectivity index is 1.41. The van der Waals surface area contributed by atoms with Crippen molar-refractivity contribution in [2.75, 3.05) is 12.3 Å². The number of ketones is 1. The van der Waals surface area contributed by atoms with E-state index in [-0.39, 0.29) is 35.5 Å². The Morgan fingerprint density at radius 1 is 1.17 bits per heavy atom. The second-order valence-corrected chi connectivity index (χ2v) is 10.4. The van der Waals surface area contributed by atoms with Crippen molar-refractivity contribution < 1.29 is 19.8 Å². The standard InChI is InChI=1S/C26H30N6O4/c1-14(34)22-23(16-9-17-4-5-18(10-16)31(17)21(35)13-33)30-25-19(12-29-32(25)24(22)27)15-3-6-20(28-11-15)26(36)7-2-8-26/h3,6,11-12,16-18,33,36H,2,4-5,7-10,13,27H2,1H3/t17-,18-/m1/s1. The molecule has 0 radical (unpaired) electrons. The Bertz CT molecular complexity index is 1350. The van der Waals surface area contributed by atoms with Gasteiger partial charge < -0.3 is 20.8 Å². The van der Waals surface area contributed by atoms with Gasteiger partial charge in [-0.2, -0.15) is 9.61 Å². The fourth-order valence-electron chi connectivity index (χ4n) is 6.38. The number of Topliss-reactive ketones (excluding diaryl/α,β-unsaturated/α-hetero) is 1. The molecule has 3 aromatic rings. The van der Waals surface area contributed by atoms with Gasteiger partial charge in [0.2, 0.25) is 5.91 Å². The highest BCUT2D eigenvalue weighted by molar-refractivity contribution is 6.00. The lowest BCUT2D eigenvalue weighted by Gasteiger charge is -2.39. The lowest BCUT2D eigenvalue weighted by atomic mass is 9.77. The van der Waals surface area contributed by atoms with Crippen molar-refractivity contribution in [2.45, 2.75) is 75.5 Å². The second kappa shape index (κ2) is 8.35. The number of fused-ring (bicyclic) bond motifs is 3. The number of hydrogen-bond acceptors (Lipinski definition) is 8. The molecular formula is C26H30N6O4. The molecule has 6 rings (SSSR count). The van der Waals surface area contributed by atoms with Gasteiger partial charge in [0, 0.05) is 35.3 Å². The molecule has 2 saturated heterocycles. The van der Waals surface area contributed by atoms with Crippen LogP contribution >= 0.6 is 0 Å². The first-order chi connectivity index (χ1) is 17.3. The normalized spacial score (nSPS) is 24.6. The minimum absolute atomic E-state index is 0.0193. The van der Waals surface area contributed by atoms with Crippen LogP contribution in [0, 0.1) is 0 Å². The van der Waals surface area contributed by atoms with Crippen molar-refractivity contribution in [3.63, 3.8) is 0 Å². The molecule has 1 amide bonds. The summed E-state index contributed by atoms with van der Waals surface area (Å²) < 4.78 is 1.50. The van der Waals surface area contributed by atoms with Crippen LogP contribution in [0.1, 0.15) is 79.5 Å². The zero-order chi connectivity index (χ0) is 25.2. The number of nitrogens with zero attached hydrogens (tertiary/aromatic N) is 5. The van der Waals surface area contributed by atoms with E-state index in [0.29, 0.717) is 35.4 Å². The van der Waals surface area contributed by atoms with Crippen LogP contribution in [0.3, 0.4) is 0 Å². The molecule has 10 heteroatoms. The quantitative estimate of drug-likeness (QED) is 0.461.